The van der Waals surface area contributed by atoms with E-state index in [1.165, 1.54) is 0 Å². The molecular formula is C15H22ClNO3. The zero-order valence-electron chi connectivity index (χ0n) is 12.1. The summed E-state index contributed by atoms with van der Waals surface area (Å²) >= 11 is 6.27. The molecule has 0 bridgehead atoms. The fourth-order valence-electron chi connectivity index (χ4n) is 2.17. The molecule has 4 nitrogen and oxygen atoms in total. The maximum atomic E-state index is 6.27. The van der Waals surface area contributed by atoms with Crippen LogP contribution in [0.15, 0.2) is 12.1 Å². The molecule has 1 unspecified atom stereocenters. The Morgan fingerprint density at radius 1 is 1.35 bits per heavy atom. The molecule has 0 saturated carbocycles. The van der Waals surface area contributed by atoms with Gasteiger partial charge in [0.15, 0.2) is 11.5 Å². The Morgan fingerprint density at radius 2 is 2.15 bits per heavy atom. The fraction of sp³-hybridized carbons (Fsp3) is 0.600. The van der Waals surface area contributed by atoms with Gasteiger partial charge >= 0.3 is 0 Å². The van der Waals surface area contributed by atoms with Gasteiger partial charge in [-0.2, -0.15) is 0 Å². The first-order valence-electron chi connectivity index (χ1n) is 7.05. The molecule has 1 aromatic carbocycles. The minimum atomic E-state index is 0.342. The van der Waals surface area contributed by atoms with E-state index in [4.69, 9.17) is 25.8 Å². The first-order chi connectivity index (χ1) is 9.74. The molecule has 0 amide bonds. The summed E-state index contributed by atoms with van der Waals surface area (Å²) in [6.07, 6.45) is 1.90. The molecule has 1 aliphatic rings. The van der Waals surface area contributed by atoms with Crippen molar-refractivity contribution < 1.29 is 14.2 Å². The maximum Gasteiger partial charge on any atom is 0.179 e. The summed E-state index contributed by atoms with van der Waals surface area (Å²) in [5, 5.41) is 4.07. The van der Waals surface area contributed by atoms with Crippen molar-refractivity contribution in [1.29, 1.82) is 0 Å². The minimum absolute atomic E-state index is 0.342. The quantitative estimate of drug-likeness (QED) is 0.876. The summed E-state index contributed by atoms with van der Waals surface area (Å²) in [5.41, 5.74) is 1.09. The number of fused-ring (bicyclic) bond motifs is 1. The van der Waals surface area contributed by atoms with Gasteiger partial charge in [-0.15, -0.1) is 0 Å². The lowest BCUT2D eigenvalue weighted by Gasteiger charge is -2.17. The Hall–Kier alpha value is -0.970. The third-order valence-corrected chi connectivity index (χ3v) is 3.60. The van der Waals surface area contributed by atoms with Crippen molar-refractivity contribution in [2.75, 3.05) is 26.9 Å². The van der Waals surface area contributed by atoms with Gasteiger partial charge < -0.3 is 19.5 Å². The zero-order chi connectivity index (χ0) is 14.4. The third kappa shape index (κ3) is 4.01. The van der Waals surface area contributed by atoms with Crippen LogP contribution < -0.4 is 14.8 Å². The summed E-state index contributed by atoms with van der Waals surface area (Å²) in [6, 6.07) is 4.27. The van der Waals surface area contributed by atoms with Gasteiger partial charge in [0.25, 0.3) is 0 Å². The average molecular weight is 300 g/mol. The molecule has 1 heterocycles. The smallest absolute Gasteiger partial charge is 0.179 e. The number of rotatable bonds is 6. The van der Waals surface area contributed by atoms with Crippen LogP contribution in [0.1, 0.15) is 25.3 Å². The van der Waals surface area contributed by atoms with Crippen LogP contribution in [-0.4, -0.2) is 33.0 Å². The van der Waals surface area contributed by atoms with Gasteiger partial charge in [0, 0.05) is 26.1 Å². The number of halogens is 1. The van der Waals surface area contributed by atoms with Gasteiger partial charge in [0.05, 0.1) is 24.8 Å². The Labute approximate surface area is 125 Å². The van der Waals surface area contributed by atoms with Crippen LogP contribution in [0, 0.1) is 0 Å². The molecule has 0 radical (unpaired) electrons. The van der Waals surface area contributed by atoms with Gasteiger partial charge in [0.2, 0.25) is 0 Å². The molecule has 5 heteroatoms. The molecule has 20 heavy (non-hydrogen) atoms. The molecule has 0 fully saturated rings. The van der Waals surface area contributed by atoms with E-state index in [0.717, 1.165) is 30.7 Å². The van der Waals surface area contributed by atoms with Crippen molar-refractivity contribution in [3.05, 3.63) is 22.7 Å². The predicted octanol–water partition coefficient (Wildman–Crippen LogP) is 3.02. The molecule has 0 aliphatic carbocycles. The Morgan fingerprint density at radius 3 is 2.90 bits per heavy atom. The van der Waals surface area contributed by atoms with Crippen molar-refractivity contribution in [3.8, 4) is 11.5 Å². The van der Waals surface area contributed by atoms with Crippen molar-refractivity contribution >= 4 is 11.6 Å². The minimum Gasteiger partial charge on any atom is -0.489 e. The Balaban J connectivity index is 2.05. The summed E-state index contributed by atoms with van der Waals surface area (Å²) < 4.78 is 16.5. The van der Waals surface area contributed by atoms with Crippen molar-refractivity contribution in [2.24, 2.45) is 0 Å². The zero-order valence-corrected chi connectivity index (χ0v) is 12.8. The van der Waals surface area contributed by atoms with Crippen molar-refractivity contribution in [3.63, 3.8) is 0 Å². The lowest BCUT2D eigenvalue weighted by Crippen LogP contribution is -2.32. The largest absolute Gasteiger partial charge is 0.489 e. The molecule has 0 aromatic heterocycles. The van der Waals surface area contributed by atoms with Crippen molar-refractivity contribution in [2.45, 2.75) is 32.4 Å². The molecule has 0 spiro atoms. The van der Waals surface area contributed by atoms with E-state index in [9.17, 15) is 0 Å². The van der Waals surface area contributed by atoms with E-state index in [2.05, 4.69) is 12.2 Å². The molecule has 112 valence electrons. The highest BCUT2D eigenvalue weighted by Crippen LogP contribution is 2.37. The summed E-state index contributed by atoms with van der Waals surface area (Å²) in [7, 11) is 1.72. The van der Waals surface area contributed by atoms with Crippen LogP contribution in [-0.2, 0) is 11.3 Å². The number of nitrogens with one attached hydrogen (secondary N) is 1. The molecule has 1 aromatic rings. The number of methoxy groups -OCH3 is 1. The van der Waals surface area contributed by atoms with Crippen LogP contribution in [0.4, 0.5) is 0 Å². The molecule has 1 aliphatic heterocycles. The second-order valence-corrected chi connectivity index (χ2v) is 5.30. The van der Waals surface area contributed by atoms with Crippen LogP contribution in [0.5, 0.6) is 11.5 Å². The normalized spacial score (nSPS) is 15.8. The van der Waals surface area contributed by atoms with Gasteiger partial charge in [0.1, 0.15) is 0 Å². The van der Waals surface area contributed by atoms with Gasteiger partial charge in [-0.1, -0.05) is 18.5 Å². The van der Waals surface area contributed by atoms with Gasteiger partial charge in [-0.05, 0) is 24.1 Å². The predicted molar refractivity (Wildman–Crippen MR) is 79.9 cm³/mol. The molecule has 2 rings (SSSR count). The third-order valence-electron chi connectivity index (χ3n) is 3.32. The standard InChI is InChI=1S/C15H22ClNO3/c1-3-12(10-18-2)17-9-11-7-13(16)15-14(8-11)19-5-4-6-20-15/h7-8,12,17H,3-6,9-10H2,1-2H3. The highest BCUT2D eigenvalue weighted by molar-refractivity contribution is 6.32. The summed E-state index contributed by atoms with van der Waals surface area (Å²) in [4.78, 5) is 0. The van der Waals surface area contributed by atoms with Crippen LogP contribution in [0.25, 0.3) is 0 Å². The van der Waals surface area contributed by atoms with Gasteiger partial charge in [-0.3, -0.25) is 0 Å². The number of benzene rings is 1. The van der Waals surface area contributed by atoms with E-state index in [-0.39, 0.29) is 0 Å². The molecular weight excluding hydrogens is 278 g/mol. The summed E-state index contributed by atoms with van der Waals surface area (Å²) in [6.45, 7) is 4.89. The molecule has 1 atom stereocenters. The van der Waals surface area contributed by atoms with Crippen LogP contribution >= 0.6 is 11.6 Å². The summed E-state index contributed by atoms with van der Waals surface area (Å²) in [5.74, 6) is 1.41. The molecule has 0 saturated heterocycles. The number of hydrogen-bond donors (Lipinski definition) is 1. The average Bonchev–Trinajstić information content (AvgIpc) is 2.69. The van der Waals surface area contributed by atoms with Crippen LogP contribution in [0.2, 0.25) is 5.02 Å². The SMILES string of the molecule is CCC(COC)NCc1cc(Cl)c2c(c1)OCCCO2. The second-order valence-electron chi connectivity index (χ2n) is 4.90. The van der Waals surface area contributed by atoms with Crippen molar-refractivity contribution in [1.82, 2.24) is 5.32 Å². The topological polar surface area (TPSA) is 39.7 Å². The highest BCUT2D eigenvalue weighted by atomic mass is 35.5. The lowest BCUT2D eigenvalue weighted by atomic mass is 10.1. The lowest BCUT2D eigenvalue weighted by molar-refractivity contribution is 0.164. The van der Waals surface area contributed by atoms with E-state index in [1.54, 1.807) is 7.11 Å². The highest BCUT2D eigenvalue weighted by Gasteiger charge is 2.16. The Kier molecular flexibility index (Phi) is 5.95. The van der Waals surface area contributed by atoms with E-state index >= 15 is 0 Å². The number of hydrogen-bond acceptors (Lipinski definition) is 4. The molecule has 1 N–H and O–H groups in total. The first kappa shape index (κ1) is 15.4. The van der Waals surface area contributed by atoms with E-state index in [0.29, 0.717) is 36.6 Å². The Bertz CT molecular complexity index is 439. The van der Waals surface area contributed by atoms with E-state index < -0.39 is 0 Å². The first-order valence-corrected chi connectivity index (χ1v) is 7.42. The second kappa shape index (κ2) is 7.72. The monoisotopic (exact) mass is 299 g/mol. The van der Waals surface area contributed by atoms with Crippen LogP contribution in [0.3, 0.4) is 0 Å². The fourth-order valence-corrected chi connectivity index (χ4v) is 2.46. The number of ether oxygens (including phenoxy) is 3. The van der Waals surface area contributed by atoms with E-state index in [1.807, 2.05) is 12.1 Å². The maximum absolute atomic E-state index is 6.27. The van der Waals surface area contributed by atoms with Gasteiger partial charge in [-0.25, -0.2) is 0 Å².